The van der Waals surface area contributed by atoms with Crippen LogP contribution in [0, 0.1) is 6.92 Å². The van der Waals surface area contributed by atoms with Gasteiger partial charge < -0.3 is 15.4 Å². The highest BCUT2D eigenvalue weighted by Crippen LogP contribution is 2.37. The molecule has 0 radical (unpaired) electrons. The molecule has 2 aromatic heterocycles. The van der Waals surface area contributed by atoms with E-state index in [1.807, 2.05) is 37.3 Å². The van der Waals surface area contributed by atoms with Gasteiger partial charge >= 0.3 is 6.18 Å². The zero-order chi connectivity index (χ0) is 28.6. The van der Waals surface area contributed by atoms with E-state index in [0.29, 0.717) is 37.5 Å². The van der Waals surface area contributed by atoms with E-state index in [4.69, 9.17) is 10.5 Å². The summed E-state index contributed by atoms with van der Waals surface area (Å²) in [6.07, 6.45) is -3.53. The Morgan fingerprint density at radius 2 is 1.82 bits per heavy atom. The second-order valence-electron chi connectivity index (χ2n) is 9.96. The average molecular weight is 553 g/mol. The normalized spacial score (nSPS) is 17.3. The first kappa shape index (κ1) is 27.6. The van der Waals surface area contributed by atoms with Crippen LogP contribution in [0.2, 0.25) is 0 Å². The minimum atomic E-state index is -4.72. The lowest BCUT2D eigenvalue weighted by Crippen LogP contribution is -2.55. The van der Waals surface area contributed by atoms with E-state index >= 15 is 0 Å². The molecule has 3 heterocycles. The van der Waals surface area contributed by atoms with Gasteiger partial charge in [-0.2, -0.15) is 18.3 Å². The Bertz CT molecular complexity index is 1500. The van der Waals surface area contributed by atoms with Crippen LogP contribution >= 0.6 is 0 Å². The fraction of sp³-hybridized carbons (Fsp3) is 0.345. The molecule has 11 heteroatoms. The lowest BCUT2D eigenvalue weighted by atomic mass is 10.0. The molecule has 2 atom stereocenters. The predicted molar refractivity (Wildman–Crippen MR) is 145 cm³/mol. The largest absolute Gasteiger partial charge is 0.497 e. The Balaban J connectivity index is 1.49. The first-order valence-corrected chi connectivity index (χ1v) is 13.0. The van der Waals surface area contributed by atoms with Crippen molar-refractivity contribution in [3.05, 3.63) is 83.2 Å². The van der Waals surface area contributed by atoms with Crippen LogP contribution in [0.4, 0.5) is 13.2 Å². The molecule has 5 rings (SSSR count). The Morgan fingerprint density at radius 1 is 1.12 bits per heavy atom. The van der Waals surface area contributed by atoms with E-state index in [2.05, 4.69) is 15.0 Å². The molecule has 2 aromatic carbocycles. The quantitative estimate of drug-likeness (QED) is 0.377. The standard InChI is InChI=1S/C29H31F3N6O2/c1-18-17-36(24(15-33)20-7-5-4-6-8-20)13-14-37(18)28(39)23-16-34-38-26(29(30,31)32)19(2)25(35-27(23)38)21-9-11-22(40-3)12-10-21/h4-12,16,18,24H,13-15,17,33H2,1-3H3/t18-,24+/m1/s1. The maximum Gasteiger partial charge on any atom is 0.433 e. The monoisotopic (exact) mass is 552 g/mol. The zero-order valence-corrected chi connectivity index (χ0v) is 22.5. The van der Waals surface area contributed by atoms with Crippen molar-refractivity contribution in [1.82, 2.24) is 24.4 Å². The number of halogens is 3. The topological polar surface area (TPSA) is 89.0 Å². The number of aromatic nitrogens is 3. The molecule has 0 spiro atoms. The summed E-state index contributed by atoms with van der Waals surface area (Å²) < 4.78 is 48.8. The molecule has 8 nitrogen and oxygen atoms in total. The number of nitrogens with zero attached hydrogens (tertiary/aromatic N) is 5. The summed E-state index contributed by atoms with van der Waals surface area (Å²) in [5.74, 6) is 0.160. The molecule has 40 heavy (non-hydrogen) atoms. The number of alkyl halides is 3. The molecule has 1 aliphatic heterocycles. The fourth-order valence-corrected chi connectivity index (χ4v) is 5.48. The van der Waals surface area contributed by atoms with Crippen molar-refractivity contribution >= 4 is 11.6 Å². The van der Waals surface area contributed by atoms with Gasteiger partial charge in [-0.15, -0.1) is 0 Å². The van der Waals surface area contributed by atoms with Crippen LogP contribution in [0.15, 0.2) is 60.8 Å². The van der Waals surface area contributed by atoms with Crippen LogP contribution in [-0.2, 0) is 6.18 Å². The molecule has 0 unspecified atom stereocenters. The predicted octanol–water partition coefficient (Wildman–Crippen LogP) is 4.58. The lowest BCUT2D eigenvalue weighted by molar-refractivity contribution is -0.143. The molecule has 2 N–H and O–H groups in total. The molecule has 210 valence electrons. The van der Waals surface area contributed by atoms with Crippen molar-refractivity contribution in [1.29, 1.82) is 0 Å². The molecule has 1 aliphatic rings. The number of piperazine rings is 1. The number of methoxy groups -OCH3 is 1. The third-order valence-corrected chi connectivity index (χ3v) is 7.51. The van der Waals surface area contributed by atoms with E-state index in [1.165, 1.54) is 20.2 Å². The van der Waals surface area contributed by atoms with Gasteiger partial charge in [0.25, 0.3) is 5.91 Å². The van der Waals surface area contributed by atoms with E-state index in [-0.39, 0.29) is 34.6 Å². The van der Waals surface area contributed by atoms with Crippen LogP contribution in [0.5, 0.6) is 5.75 Å². The van der Waals surface area contributed by atoms with Crippen LogP contribution in [0.3, 0.4) is 0 Å². The minimum Gasteiger partial charge on any atom is -0.497 e. The van der Waals surface area contributed by atoms with Crippen LogP contribution in [0.1, 0.15) is 40.1 Å². The first-order valence-electron chi connectivity index (χ1n) is 13.0. The number of amides is 1. The third kappa shape index (κ3) is 5.02. The molecular formula is C29H31F3N6O2. The summed E-state index contributed by atoms with van der Waals surface area (Å²) in [4.78, 5) is 22.2. The smallest absolute Gasteiger partial charge is 0.433 e. The average Bonchev–Trinajstić information content (AvgIpc) is 3.36. The lowest BCUT2D eigenvalue weighted by Gasteiger charge is -2.43. The van der Waals surface area contributed by atoms with Gasteiger partial charge in [-0.25, -0.2) is 9.50 Å². The Kier molecular flexibility index (Phi) is 7.52. The van der Waals surface area contributed by atoms with Crippen molar-refractivity contribution < 1.29 is 22.7 Å². The fourth-order valence-electron chi connectivity index (χ4n) is 5.48. The first-order chi connectivity index (χ1) is 19.1. The Morgan fingerprint density at radius 3 is 2.42 bits per heavy atom. The van der Waals surface area contributed by atoms with Gasteiger partial charge in [-0.3, -0.25) is 9.69 Å². The summed E-state index contributed by atoms with van der Waals surface area (Å²) in [6, 6.07) is 16.3. The Labute approximate surface area is 230 Å². The summed E-state index contributed by atoms with van der Waals surface area (Å²) in [7, 11) is 1.51. The molecule has 1 fully saturated rings. The maximum atomic E-state index is 14.3. The number of rotatable bonds is 6. The minimum absolute atomic E-state index is 0.00363. The number of carbonyl (C=O) groups is 1. The van der Waals surface area contributed by atoms with E-state index in [9.17, 15) is 18.0 Å². The van der Waals surface area contributed by atoms with Crippen LogP contribution < -0.4 is 10.5 Å². The van der Waals surface area contributed by atoms with Crippen molar-refractivity contribution in [3.63, 3.8) is 0 Å². The summed E-state index contributed by atoms with van der Waals surface area (Å²) in [5, 5.41) is 3.98. The van der Waals surface area contributed by atoms with Gasteiger partial charge in [0.05, 0.1) is 19.0 Å². The molecule has 0 saturated carbocycles. The summed E-state index contributed by atoms with van der Waals surface area (Å²) >= 11 is 0. The second kappa shape index (κ2) is 10.9. The second-order valence-corrected chi connectivity index (χ2v) is 9.96. The van der Waals surface area contributed by atoms with Crippen molar-refractivity contribution in [2.75, 3.05) is 33.3 Å². The Hall–Kier alpha value is -3.96. The summed E-state index contributed by atoms with van der Waals surface area (Å²) in [5.41, 5.74) is 6.67. The highest BCUT2D eigenvalue weighted by molar-refractivity contribution is 6.00. The van der Waals surface area contributed by atoms with Gasteiger partial charge in [-0.1, -0.05) is 30.3 Å². The molecule has 0 bridgehead atoms. The number of hydrogen-bond acceptors (Lipinski definition) is 6. The van der Waals surface area contributed by atoms with E-state index in [0.717, 1.165) is 10.1 Å². The highest BCUT2D eigenvalue weighted by atomic mass is 19.4. The number of ether oxygens (including phenoxy) is 1. The molecule has 1 amide bonds. The molecule has 4 aromatic rings. The van der Waals surface area contributed by atoms with E-state index < -0.39 is 17.8 Å². The molecular weight excluding hydrogens is 521 g/mol. The molecule has 0 aliphatic carbocycles. The van der Waals surface area contributed by atoms with Gasteiger partial charge in [0.2, 0.25) is 0 Å². The van der Waals surface area contributed by atoms with Crippen LogP contribution in [0.25, 0.3) is 16.9 Å². The van der Waals surface area contributed by atoms with E-state index in [1.54, 1.807) is 29.2 Å². The van der Waals surface area contributed by atoms with Gasteiger partial charge in [0.1, 0.15) is 11.3 Å². The molecule has 1 saturated heterocycles. The SMILES string of the molecule is COc1ccc(-c2nc3c(C(=O)N4CCN([C@@H](CN)c5ccccc5)C[C@H]4C)cnn3c(C(F)(F)F)c2C)cc1. The van der Waals surface area contributed by atoms with Gasteiger partial charge in [0.15, 0.2) is 11.3 Å². The number of fused-ring (bicyclic) bond motifs is 1. The zero-order valence-electron chi connectivity index (χ0n) is 22.5. The van der Waals surface area contributed by atoms with Crippen molar-refractivity contribution in [3.8, 4) is 17.0 Å². The van der Waals surface area contributed by atoms with Crippen molar-refractivity contribution in [2.45, 2.75) is 32.1 Å². The third-order valence-electron chi connectivity index (χ3n) is 7.51. The van der Waals surface area contributed by atoms with Gasteiger partial charge in [0, 0.05) is 49.4 Å². The number of benzene rings is 2. The highest BCUT2D eigenvalue weighted by Gasteiger charge is 2.39. The maximum absolute atomic E-state index is 14.3. The van der Waals surface area contributed by atoms with Crippen LogP contribution in [-0.4, -0.2) is 69.6 Å². The summed E-state index contributed by atoms with van der Waals surface area (Å²) in [6.45, 7) is 5.25. The van der Waals surface area contributed by atoms with Gasteiger partial charge in [-0.05, 0) is 43.7 Å². The van der Waals surface area contributed by atoms with Crippen molar-refractivity contribution in [2.24, 2.45) is 5.73 Å². The number of hydrogen-bond donors (Lipinski definition) is 1. The number of carbonyl (C=O) groups excluding carboxylic acids is 1. The number of nitrogens with two attached hydrogens (primary N) is 1.